The van der Waals surface area contributed by atoms with E-state index < -0.39 is 23.9 Å². The molecular weight excluding hydrogens is 434 g/mol. The number of rotatable bonds is 3. The molecule has 0 radical (unpaired) electrons. The Morgan fingerprint density at radius 1 is 1.21 bits per heavy atom. The predicted octanol–water partition coefficient (Wildman–Crippen LogP) is 2.43. The molecule has 5 heterocycles. The van der Waals surface area contributed by atoms with Crippen molar-refractivity contribution < 1.29 is 18.4 Å². The van der Waals surface area contributed by atoms with Gasteiger partial charge in [0.25, 0.3) is 11.8 Å². The highest BCUT2D eigenvalue weighted by Gasteiger charge is 2.58. The molecule has 3 N–H and O–H groups in total. The number of aryl methyl sites for hydroxylation is 1. The summed E-state index contributed by atoms with van der Waals surface area (Å²) in [5.41, 5.74) is 2.09. The van der Waals surface area contributed by atoms with E-state index in [1.807, 2.05) is 19.1 Å². The number of alkyl halides is 2. The number of aromatic nitrogens is 4. The zero-order valence-corrected chi connectivity index (χ0v) is 17.6. The number of pyridine rings is 2. The number of halogens is 2. The van der Waals surface area contributed by atoms with E-state index in [1.165, 1.54) is 11.0 Å². The molecule has 33 heavy (non-hydrogen) atoms. The van der Waals surface area contributed by atoms with Crippen molar-refractivity contribution in [3.05, 3.63) is 35.7 Å². The van der Waals surface area contributed by atoms with Crippen LogP contribution in [0.15, 0.2) is 24.3 Å². The number of nitrogens with zero attached hydrogens (tertiary/aromatic N) is 5. The summed E-state index contributed by atoms with van der Waals surface area (Å²) < 4.78 is 26.4. The third-order valence-electron chi connectivity index (χ3n) is 6.32. The molecule has 3 aromatic rings. The van der Waals surface area contributed by atoms with E-state index in [9.17, 15) is 18.4 Å². The Balaban J connectivity index is 1.31. The highest BCUT2D eigenvalue weighted by atomic mass is 19.3. The minimum Gasteiger partial charge on any atom is -0.366 e. The molecule has 170 valence electrons. The highest BCUT2D eigenvalue weighted by molar-refractivity contribution is 6.08. The van der Waals surface area contributed by atoms with Crippen molar-refractivity contribution in [2.45, 2.75) is 37.8 Å². The molecule has 12 heteroatoms. The Bertz CT molecular complexity index is 1310. The van der Waals surface area contributed by atoms with Crippen molar-refractivity contribution in [1.29, 1.82) is 0 Å². The summed E-state index contributed by atoms with van der Waals surface area (Å²) in [6.07, 6.45) is 0.363. The average Bonchev–Trinajstić information content (AvgIpc) is 3.09. The monoisotopic (exact) mass is 454 g/mol. The van der Waals surface area contributed by atoms with Crippen molar-refractivity contribution in [2.24, 2.45) is 0 Å². The zero-order valence-electron chi connectivity index (χ0n) is 17.6. The lowest BCUT2D eigenvalue weighted by Crippen LogP contribution is -2.48. The molecule has 2 fully saturated rings. The molecule has 3 amide bonds. The number of hydrogen-bond acceptors (Lipinski definition) is 6. The third-order valence-corrected chi connectivity index (χ3v) is 6.32. The first-order chi connectivity index (χ1) is 15.8. The first-order valence-electron chi connectivity index (χ1n) is 10.7. The van der Waals surface area contributed by atoms with E-state index in [4.69, 9.17) is 0 Å². The minimum atomic E-state index is -2.87. The summed E-state index contributed by atoms with van der Waals surface area (Å²) in [6.45, 7) is 3.25. The fourth-order valence-corrected chi connectivity index (χ4v) is 4.46. The molecule has 3 aromatic heterocycles. The number of hydrogen-bond donors (Lipinski definition) is 3. The zero-order chi connectivity index (χ0) is 22.9. The molecule has 2 atom stereocenters. The fourth-order valence-electron chi connectivity index (χ4n) is 4.46. The molecule has 2 unspecified atom stereocenters. The Hall–Kier alpha value is -3.83. The fraction of sp³-hybridized carbons (Fsp3) is 0.381. The lowest BCUT2D eigenvalue weighted by Gasteiger charge is -2.35. The topological polar surface area (TPSA) is 119 Å². The van der Waals surface area contributed by atoms with Crippen LogP contribution in [0.4, 0.5) is 30.9 Å². The summed E-state index contributed by atoms with van der Waals surface area (Å²) in [4.78, 5) is 38.3. The van der Waals surface area contributed by atoms with Gasteiger partial charge in [-0.2, -0.15) is 5.10 Å². The quantitative estimate of drug-likeness (QED) is 0.559. The number of fused-ring (bicyclic) bond motifs is 5. The largest absolute Gasteiger partial charge is 0.366 e. The summed E-state index contributed by atoms with van der Waals surface area (Å²) in [7, 11) is 0. The molecule has 1 saturated heterocycles. The van der Waals surface area contributed by atoms with Crippen LogP contribution in [0, 0.1) is 6.92 Å². The van der Waals surface area contributed by atoms with E-state index in [2.05, 4.69) is 35.7 Å². The van der Waals surface area contributed by atoms with E-state index in [1.54, 1.807) is 6.07 Å². The van der Waals surface area contributed by atoms with Crippen LogP contribution in [-0.4, -0.2) is 63.2 Å². The van der Waals surface area contributed by atoms with Crippen molar-refractivity contribution in [2.75, 3.05) is 28.2 Å². The van der Waals surface area contributed by atoms with Gasteiger partial charge < -0.3 is 10.2 Å². The van der Waals surface area contributed by atoms with Gasteiger partial charge in [-0.3, -0.25) is 20.1 Å². The Kier molecular flexibility index (Phi) is 4.10. The van der Waals surface area contributed by atoms with Gasteiger partial charge in [-0.25, -0.2) is 23.5 Å². The van der Waals surface area contributed by atoms with Gasteiger partial charge in [-0.05, 0) is 37.6 Å². The normalized spacial score (nSPS) is 22.3. The Morgan fingerprint density at radius 3 is 2.82 bits per heavy atom. The summed E-state index contributed by atoms with van der Waals surface area (Å²) in [5.74, 6) is -2.90. The van der Waals surface area contributed by atoms with Gasteiger partial charge in [0.1, 0.15) is 5.69 Å². The van der Waals surface area contributed by atoms with Crippen LogP contribution in [0.3, 0.4) is 0 Å². The lowest BCUT2D eigenvalue weighted by molar-refractivity contribution is 0.0845. The van der Waals surface area contributed by atoms with Gasteiger partial charge in [-0.1, -0.05) is 0 Å². The third kappa shape index (κ3) is 3.24. The van der Waals surface area contributed by atoms with Crippen LogP contribution in [0.2, 0.25) is 0 Å². The van der Waals surface area contributed by atoms with Gasteiger partial charge in [0, 0.05) is 25.2 Å². The second kappa shape index (κ2) is 6.83. The van der Waals surface area contributed by atoms with Crippen LogP contribution >= 0.6 is 0 Å². The van der Waals surface area contributed by atoms with Crippen LogP contribution in [0.5, 0.6) is 0 Å². The standard InChI is InChI=1S/C21H20F2N8O2/c1-10-2-3-12-16(24-10)28-29-17(12)27-20(33)31-11-6-7-30(9-11)14-5-4-13(25-18(14)31)19(32)26-15-8-21(15,22)23/h2-5,11,15H,6-9H2,1H3,(H,26,32)(H2,24,27,28,29,33). The SMILES string of the molecule is Cc1ccc2c(NC(=O)N3c4nc(C(=O)NC5CC5(F)F)ccc4N4CCC3C4)n[nH]c2n1. The van der Waals surface area contributed by atoms with E-state index >= 15 is 0 Å². The molecule has 1 saturated carbocycles. The van der Waals surface area contributed by atoms with Crippen LogP contribution in [-0.2, 0) is 0 Å². The predicted molar refractivity (Wildman–Crippen MR) is 116 cm³/mol. The van der Waals surface area contributed by atoms with Crippen LogP contribution < -0.4 is 20.4 Å². The molecule has 1 aliphatic carbocycles. The van der Waals surface area contributed by atoms with Gasteiger partial charge >= 0.3 is 6.03 Å². The second-order valence-electron chi connectivity index (χ2n) is 8.64. The molecule has 0 aromatic carbocycles. The van der Waals surface area contributed by atoms with Crippen molar-refractivity contribution >= 4 is 40.3 Å². The lowest BCUT2D eigenvalue weighted by atomic mass is 10.1. The Labute approximate surface area is 186 Å². The summed E-state index contributed by atoms with van der Waals surface area (Å²) in [6, 6.07) is 5.12. The number of H-pyrrole nitrogens is 1. The first kappa shape index (κ1) is 19.8. The van der Waals surface area contributed by atoms with Gasteiger partial charge in [0.15, 0.2) is 17.3 Å². The number of carbonyl (C=O) groups excluding carboxylic acids is 2. The molecular formula is C21H20F2N8O2. The van der Waals surface area contributed by atoms with E-state index in [0.717, 1.165) is 24.3 Å². The molecule has 0 spiro atoms. The summed E-state index contributed by atoms with van der Waals surface area (Å²) >= 11 is 0. The second-order valence-corrected chi connectivity index (χ2v) is 8.64. The minimum absolute atomic E-state index is 0.0124. The maximum Gasteiger partial charge on any atom is 0.329 e. The number of anilines is 3. The maximum atomic E-state index is 13.4. The number of carbonyl (C=O) groups is 2. The van der Waals surface area contributed by atoms with E-state index in [0.29, 0.717) is 29.2 Å². The number of amides is 3. The first-order valence-corrected chi connectivity index (χ1v) is 10.7. The van der Waals surface area contributed by atoms with Crippen molar-refractivity contribution in [3.8, 4) is 0 Å². The molecule has 3 aliphatic rings. The van der Waals surface area contributed by atoms with Crippen molar-refractivity contribution in [1.82, 2.24) is 25.5 Å². The average molecular weight is 454 g/mol. The van der Waals surface area contributed by atoms with Gasteiger partial charge in [0.05, 0.1) is 23.2 Å². The molecule has 10 nitrogen and oxygen atoms in total. The summed E-state index contributed by atoms with van der Waals surface area (Å²) in [5, 5.41) is 12.8. The Morgan fingerprint density at radius 2 is 2.03 bits per heavy atom. The number of aromatic amines is 1. The smallest absolute Gasteiger partial charge is 0.329 e. The van der Waals surface area contributed by atoms with Crippen LogP contribution in [0.25, 0.3) is 11.0 Å². The van der Waals surface area contributed by atoms with Crippen molar-refractivity contribution in [3.63, 3.8) is 0 Å². The molecule has 2 bridgehead atoms. The molecule has 2 aliphatic heterocycles. The number of nitrogens with one attached hydrogen (secondary N) is 3. The molecule has 6 rings (SSSR count). The van der Waals surface area contributed by atoms with Gasteiger partial charge in [-0.15, -0.1) is 0 Å². The number of urea groups is 1. The highest BCUT2D eigenvalue weighted by Crippen LogP contribution is 2.42. The van der Waals surface area contributed by atoms with Crippen LogP contribution in [0.1, 0.15) is 29.0 Å². The maximum absolute atomic E-state index is 13.4. The van der Waals surface area contributed by atoms with Gasteiger partial charge in [0.2, 0.25) is 0 Å². The van der Waals surface area contributed by atoms with E-state index in [-0.39, 0.29) is 18.2 Å².